The lowest BCUT2D eigenvalue weighted by Crippen LogP contribution is -2.25. The summed E-state index contributed by atoms with van der Waals surface area (Å²) >= 11 is 0. The van der Waals surface area contributed by atoms with Crippen LogP contribution in [0.1, 0.15) is 51.2 Å². The number of nitrogens with two attached hydrogens (primary N) is 1. The van der Waals surface area contributed by atoms with E-state index in [1.54, 1.807) is 0 Å². The number of nitrogens with zero attached hydrogens (tertiary/aromatic N) is 1. The van der Waals surface area contributed by atoms with Crippen LogP contribution in [0.4, 0.5) is 5.69 Å². The first-order valence-electron chi connectivity index (χ1n) is 7.97. The molecule has 1 saturated heterocycles. The Kier molecular flexibility index (Phi) is 4.74. The predicted octanol–water partition coefficient (Wildman–Crippen LogP) is 3.90. The van der Waals surface area contributed by atoms with Crippen LogP contribution in [-0.2, 0) is 6.42 Å². The molecule has 0 amide bonds. The van der Waals surface area contributed by atoms with Crippen molar-refractivity contribution in [1.82, 2.24) is 0 Å². The number of aryl methyl sites for hydroxylation is 1. The molecule has 1 heterocycles. The van der Waals surface area contributed by atoms with Gasteiger partial charge in [0, 0.05) is 24.8 Å². The number of anilines is 1. The molecule has 2 rings (SSSR count). The van der Waals surface area contributed by atoms with Crippen LogP contribution >= 0.6 is 0 Å². The summed E-state index contributed by atoms with van der Waals surface area (Å²) in [6, 6.07) is 7.13. The Morgan fingerprint density at radius 3 is 2.65 bits per heavy atom. The minimum atomic E-state index is 0.235. The Hall–Kier alpha value is -1.02. The fourth-order valence-corrected chi connectivity index (χ4v) is 3.13. The summed E-state index contributed by atoms with van der Waals surface area (Å²) < 4.78 is 0. The molecule has 1 aromatic carbocycles. The van der Waals surface area contributed by atoms with Crippen molar-refractivity contribution in [2.75, 3.05) is 18.0 Å². The summed E-state index contributed by atoms with van der Waals surface area (Å²) in [6.07, 6.45) is 4.89. The second-order valence-corrected chi connectivity index (χ2v) is 7.30. The first-order chi connectivity index (χ1) is 9.37. The molecule has 0 spiro atoms. The molecule has 2 heteroatoms. The minimum Gasteiger partial charge on any atom is -0.372 e. The van der Waals surface area contributed by atoms with Crippen LogP contribution in [0.5, 0.6) is 0 Å². The van der Waals surface area contributed by atoms with E-state index in [1.807, 2.05) is 0 Å². The molecule has 0 aromatic heterocycles. The highest BCUT2D eigenvalue weighted by atomic mass is 15.1. The molecule has 0 aliphatic carbocycles. The zero-order valence-electron chi connectivity index (χ0n) is 13.6. The number of benzene rings is 1. The zero-order chi connectivity index (χ0) is 14.8. The van der Waals surface area contributed by atoms with Gasteiger partial charge in [0.1, 0.15) is 0 Å². The molecule has 1 fully saturated rings. The molecule has 1 aromatic rings. The van der Waals surface area contributed by atoms with E-state index in [-0.39, 0.29) is 6.04 Å². The van der Waals surface area contributed by atoms with Gasteiger partial charge in [-0.1, -0.05) is 19.9 Å². The second kappa shape index (κ2) is 6.17. The summed E-state index contributed by atoms with van der Waals surface area (Å²) in [5.41, 5.74) is 10.6. The van der Waals surface area contributed by atoms with Gasteiger partial charge in [0.2, 0.25) is 0 Å². The van der Waals surface area contributed by atoms with E-state index >= 15 is 0 Å². The fourth-order valence-electron chi connectivity index (χ4n) is 3.13. The molecule has 0 radical (unpaired) electrons. The highest BCUT2D eigenvalue weighted by Crippen LogP contribution is 2.32. The second-order valence-electron chi connectivity index (χ2n) is 7.30. The summed E-state index contributed by atoms with van der Waals surface area (Å²) in [7, 11) is 0. The lowest BCUT2D eigenvalue weighted by Gasteiger charge is -2.25. The molecular formula is C18H30N2. The van der Waals surface area contributed by atoms with Gasteiger partial charge >= 0.3 is 0 Å². The van der Waals surface area contributed by atoms with E-state index in [4.69, 9.17) is 5.73 Å². The van der Waals surface area contributed by atoms with Gasteiger partial charge in [-0.25, -0.2) is 0 Å². The molecular weight excluding hydrogens is 244 g/mol. The van der Waals surface area contributed by atoms with Gasteiger partial charge in [-0.15, -0.1) is 0 Å². The summed E-state index contributed by atoms with van der Waals surface area (Å²) in [6.45, 7) is 11.4. The fraction of sp³-hybridized carbons (Fsp3) is 0.667. The molecule has 1 aliphatic heterocycles. The van der Waals surface area contributed by atoms with Crippen LogP contribution in [0.2, 0.25) is 0 Å². The van der Waals surface area contributed by atoms with Crippen molar-refractivity contribution in [2.24, 2.45) is 11.1 Å². The van der Waals surface area contributed by atoms with Crippen LogP contribution in [0, 0.1) is 12.3 Å². The number of rotatable bonds is 3. The first kappa shape index (κ1) is 15.4. The Morgan fingerprint density at radius 1 is 1.25 bits per heavy atom. The maximum Gasteiger partial charge on any atom is 0.0369 e. The highest BCUT2D eigenvalue weighted by Gasteiger charge is 2.23. The largest absolute Gasteiger partial charge is 0.372 e. The topological polar surface area (TPSA) is 29.3 Å². The third-order valence-electron chi connectivity index (χ3n) is 4.57. The van der Waals surface area contributed by atoms with Crippen LogP contribution in [0.25, 0.3) is 0 Å². The van der Waals surface area contributed by atoms with Gasteiger partial charge in [-0.3, -0.25) is 0 Å². The molecule has 112 valence electrons. The van der Waals surface area contributed by atoms with Crippen molar-refractivity contribution in [3.8, 4) is 0 Å². The van der Waals surface area contributed by atoms with E-state index in [0.29, 0.717) is 5.41 Å². The quantitative estimate of drug-likeness (QED) is 0.905. The van der Waals surface area contributed by atoms with Crippen molar-refractivity contribution in [3.63, 3.8) is 0 Å². The van der Waals surface area contributed by atoms with Crippen molar-refractivity contribution < 1.29 is 0 Å². The maximum atomic E-state index is 5.91. The Labute approximate surface area is 124 Å². The third-order valence-corrected chi connectivity index (χ3v) is 4.57. The molecule has 2 nitrogen and oxygen atoms in total. The zero-order valence-corrected chi connectivity index (χ0v) is 13.6. The van der Waals surface area contributed by atoms with Crippen molar-refractivity contribution in [3.05, 3.63) is 29.3 Å². The van der Waals surface area contributed by atoms with Gasteiger partial charge in [-0.05, 0) is 68.2 Å². The summed E-state index contributed by atoms with van der Waals surface area (Å²) in [4.78, 5) is 2.55. The van der Waals surface area contributed by atoms with E-state index in [1.165, 1.54) is 49.2 Å². The van der Waals surface area contributed by atoms with Crippen molar-refractivity contribution in [1.29, 1.82) is 0 Å². The van der Waals surface area contributed by atoms with Crippen LogP contribution in [0.15, 0.2) is 18.2 Å². The molecule has 1 unspecified atom stereocenters. The monoisotopic (exact) mass is 274 g/mol. The summed E-state index contributed by atoms with van der Waals surface area (Å²) in [5.74, 6) is 0. The Balaban J connectivity index is 2.11. The van der Waals surface area contributed by atoms with Crippen molar-refractivity contribution >= 4 is 5.69 Å². The molecule has 1 aliphatic rings. The van der Waals surface area contributed by atoms with E-state index in [2.05, 4.69) is 50.8 Å². The minimum absolute atomic E-state index is 0.235. The number of hydrogen-bond donors (Lipinski definition) is 1. The van der Waals surface area contributed by atoms with E-state index in [9.17, 15) is 0 Å². The summed E-state index contributed by atoms with van der Waals surface area (Å²) in [5, 5.41) is 0. The van der Waals surface area contributed by atoms with Gasteiger partial charge < -0.3 is 10.6 Å². The normalized spacial score (nSPS) is 20.6. The van der Waals surface area contributed by atoms with E-state index in [0.717, 1.165) is 6.42 Å². The number of hydrogen-bond acceptors (Lipinski definition) is 2. The maximum absolute atomic E-state index is 5.91. The molecule has 20 heavy (non-hydrogen) atoms. The average molecular weight is 274 g/mol. The van der Waals surface area contributed by atoms with Gasteiger partial charge in [0.25, 0.3) is 0 Å². The lowest BCUT2D eigenvalue weighted by atomic mass is 9.85. The van der Waals surface area contributed by atoms with E-state index < -0.39 is 0 Å². The molecule has 2 N–H and O–H groups in total. The first-order valence-corrected chi connectivity index (χ1v) is 7.97. The Morgan fingerprint density at radius 2 is 2.00 bits per heavy atom. The van der Waals surface area contributed by atoms with Crippen LogP contribution < -0.4 is 10.6 Å². The SMILES string of the molecule is Cc1cc(N2CCCC(C)(C)CC2)ccc1CC(C)N. The van der Waals surface area contributed by atoms with Gasteiger partial charge in [0.15, 0.2) is 0 Å². The molecule has 0 saturated carbocycles. The molecule has 1 atom stereocenters. The Bertz CT molecular complexity index is 449. The van der Waals surface area contributed by atoms with Crippen LogP contribution in [0.3, 0.4) is 0 Å². The van der Waals surface area contributed by atoms with Gasteiger partial charge in [0.05, 0.1) is 0 Å². The third kappa shape index (κ3) is 3.99. The average Bonchev–Trinajstić information content (AvgIpc) is 2.52. The highest BCUT2D eigenvalue weighted by molar-refractivity contribution is 5.51. The smallest absolute Gasteiger partial charge is 0.0369 e. The van der Waals surface area contributed by atoms with Crippen molar-refractivity contribution in [2.45, 2.75) is 59.4 Å². The van der Waals surface area contributed by atoms with Gasteiger partial charge in [-0.2, -0.15) is 0 Å². The standard InChI is InChI=1S/C18H30N2/c1-14-12-17(7-6-16(14)13-15(2)19)20-10-5-8-18(3,4)9-11-20/h6-7,12,15H,5,8-11,13,19H2,1-4H3. The lowest BCUT2D eigenvalue weighted by molar-refractivity contribution is 0.325. The molecule has 0 bridgehead atoms. The predicted molar refractivity (Wildman–Crippen MR) is 88.4 cm³/mol. The van der Waals surface area contributed by atoms with Crippen LogP contribution in [-0.4, -0.2) is 19.1 Å².